The van der Waals surface area contributed by atoms with E-state index in [1.54, 1.807) is 0 Å². The largest absolute Gasteiger partial charge is 0.467 e. The monoisotopic (exact) mass is 193 g/mol. The van der Waals surface area contributed by atoms with Crippen LogP contribution in [0, 0.1) is 11.8 Å². The standard InChI is InChI=1S/C12H19NO/c1-8(2)9(3)11-12-10(4-6-13-11)5-7-14-12/h5,7-9,11,13H,4,6H2,1-3H3. The zero-order valence-corrected chi connectivity index (χ0v) is 9.21. The van der Waals surface area contributed by atoms with Gasteiger partial charge in [0.1, 0.15) is 5.76 Å². The Labute approximate surface area is 85.7 Å². The van der Waals surface area contributed by atoms with E-state index in [0.717, 1.165) is 18.7 Å². The van der Waals surface area contributed by atoms with Crippen molar-refractivity contribution in [1.29, 1.82) is 0 Å². The van der Waals surface area contributed by atoms with E-state index in [0.29, 0.717) is 17.9 Å². The van der Waals surface area contributed by atoms with Gasteiger partial charge in [-0.25, -0.2) is 0 Å². The molecule has 1 aliphatic heterocycles. The van der Waals surface area contributed by atoms with Gasteiger partial charge >= 0.3 is 0 Å². The van der Waals surface area contributed by atoms with Crippen molar-refractivity contribution in [3.63, 3.8) is 0 Å². The lowest BCUT2D eigenvalue weighted by molar-refractivity contribution is 0.256. The fraction of sp³-hybridized carbons (Fsp3) is 0.667. The topological polar surface area (TPSA) is 25.2 Å². The molecule has 1 N–H and O–H groups in total. The number of nitrogens with one attached hydrogen (secondary N) is 1. The molecule has 0 saturated carbocycles. The molecule has 2 heterocycles. The maximum absolute atomic E-state index is 5.58. The summed E-state index contributed by atoms with van der Waals surface area (Å²) in [5.41, 5.74) is 1.39. The summed E-state index contributed by atoms with van der Waals surface area (Å²) in [6, 6.07) is 2.52. The zero-order valence-electron chi connectivity index (χ0n) is 9.21. The molecule has 0 aromatic carbocycles. The van der Waals surface area contributed by atoms with Gasteiger partial charge in [-0.3, -0.25) is 0 Å². The normalized spacial score (nSPS) is 23.6. The van der Waals surface area contributed by atoms with Crippen molar-refractivity contribution in [1.82, 2.24) is 5.32 Å². The van der Waals surface area contributed by atoms with Crippen LogP contribution in [0.2, 0.25) is 0 Å². The van der Waals surface area contributed by atoms with Gasteiger partial charge in [-0.1, -0.05) is 20.8 Å². The Balaban J connectivity index is 2.23. The summed E-state index contributed by atoms with van der Waals surface area (Å²) >= 11 is 0. The minimum absolute atomic E-state index is 0.411. The second kappa shape index (κ2) is 3.77. The van der Waals surface area contributed by atoms with Gasteiger partial charge in [0.05, 0.1) is 12.3 Å². The molecule has 0 amide bonds. The molecule has 14 heavy (non-hydrogen) atoms. The van der Waals surface area contributed by atoms with Crippen molar-refractivity contribution in [3.8, 4) is 0 Å². The fourth-order valence-electron chi connectivity index (χ4n) is 2.09. The molecule has 2 atom stereocenters. The molecule has 0 spiro atoms. The van der Waals surface area contributed by atoms with Crippen LogP contribution < -0.4 is 5.32 Å². The summed E-state index contributed by atoms with van der Waals surface area (Å²) in [7, 11) is 0. The molecule has 2 rings (SSSR count). The van der Waals surface area contributed by atoms with Crippen LogP contribution >= 0.6 is 0 Å². The van der Waals surface area contributed by atoms with E-state index < -0.39 is 0 Å². The second-order valence-electron chi connectivity index (χ2n) is 4.60. The molecule has 0 radical (unpaired) electrons. The molecule has 0 fully saturated rings. The van der Waals surface area contributed by atoms with Crippen LogP contribution in [-0.4, -0.2) is 6.54 Å². The molecular formula is C12H19NO. The van der Waals surface area contributed by atoms with Crippen molar-refractivity contribution in [3.05, 3.63) is 23.7 Å². The van der Waals surface area contributed by atoms with Crippen LogP contribution in [0.15, 0.2) is 16.7 Å². The second-order valence-corrected chi connectivity index (χ2v) is 4.60. The van der Waals surface area contributed by atoms with Gasteiger partial charge in [-0.2, -0.15) is 0 Å². The van der Waals surface area contributed by atoms with Crippen molar-refractivity contribution >= 4 is 0 Å². The van der Waals surface area contributed by atoms with E-state index in [1.165, 1.54) is 5.56 Å². The van der Waals surface area contributed by atoms with Gasteiger partial charge in [-0.15, -0.1) is 0 Å². The first kappa shape index (κ1) is 9.78. The first-order valence-electron chi connectivity index (χ1n) is 5.50. The van der Waals surface area contributed by atoms with Gasteiger partial charge in [-0.05, 0) is 36.4 Å². The van der Waals surface area contributed by atoms with E-state index in [4.69, 9.17) is 4.42 Å². The zero-order chi connectivity index (χ0) is 10.1. The summed E-state index contributed by atoms with van der Waals surface area (Å²) in [4.78, 5) is 0. The Morgan fingerprint density at radius 1 is 1.43 bits per heavy atom. The maximum Gasteiger partial charge on any atom is 0.124 e. The molecule has 0 bridgehead atoms. The predicted molar refractivity (Wildman–Crippen MR) is 57.2 cm³/mol. The fourth-order valence-corrected chi connectivity index (χ4v) is 2.09. The number of hydrogen-bond acceptors (Lipinski definition) is 2. The highest BCUT2D eigenvalue weighted by molar-refractivity contribution is 5.23. The SMILES string of the molecule is CC(C)C(C)C1NCCc2ccoc21. The van der Waals surface area contributed by atoms with Crippen LogP contribution in [-0.2, 0) is 6.42 Å². The van der Waals surface area contributed by atoms with Crippen LogP contribution in [0.5, 0.6) is 0 Å². The minimum Gasteiger partial charge on any atom is -0.467 e. The third-order valence-electron chi connectivity index (χ3n) is 3.40. The summed E-state index contributed by atoms with van der Waals surface area (Å²) < 4.78 is 5.58. The van der Waals surface area contributed by atoms with E-state index in [-0.39, 0.29) is 0 Å². The number of hydrogen-bond donors (Lipinski definition) is 1. The smallest absolute Gasteiger partial charge is 0.124 e. The Kier molecular flexibility index (Phi) is 2.64. The highest BCUT2D eigenvalue weighted by atomic mass is 16.3. The Hall–Kier alpha value is -0.760. The minimum atomic E-state index is 0.411. The molecule has 2 heteroatoms. The molecule has 0 aliphatic carbocycles. The van der Waals surface area contributed by atoms with Gasteiger partial charge in [0.25, 0.3) is 0 Å². The average molecular weight is 193 g/mol. The lowest BCUT2D eigenvalue weighted by Gasteiger charge is -2.30. The molecule has 1 aromatic heterocycles. The first-order valence-corrected chi connectivity index (χ1v) is 5.50. The highest BCUT2D eigenvalue weighted by Crippen LogP contribution is 2.32. The molecule has 78 valence electrons. The summed E-state index contributed by atoms with van der Waals surface area (Å²) in [5.74, 6) is 2.47. The third-order valence-corrected chi connectivity index (χ3v) is 3.40. The van der Waals surface area contributed by atoms with E-state index >= 15 is 0 Å². The molecule has 2 nitrogen and oxygen atoms in total. The Morgan fingerprint density at radius 2 is 2.21 bits per heavy atom. The highest BCUT2D eigenvalue weighted by Gasteiger charge is 2.28. The summed E-state index contributed by atoms with van der Waals surface area (Å²) in [5, 5.41) is 3.55. The van der Waals surface area contributed by atoms with Crippen molar-refractivity contribution in [2.75, 3.05) is 6.54 Å². The summed E-state index contributed by atoms with van der Waals surface area (Å²) in [6.07, 6.45) is 2.92. The maximum atomic E-state index is 5.58. The van der Waals surface area contributed by atoms with Crippen LogP contribution in [0.1, 0.15) is 38.1 Å². The molecule has 1 aromatic rings. The van der Waals surface area contributed by atoms with Gasteiger partial charge in [0.15, 0.2) is 0 Å². The van der Waals surface area contributed by atoms with Crippen LogP contribution in [0.3, 0.4) is 0 Å². The third kappa shape index (κ3) is 1.59. The van der Waals surface area contributed by atoms with Crippen molar-refractivity contribution in [2.45, 2.75) is 33.2 Å². The molecule has 0 saturated heterocycles. The van der Waals surface area contributed by atoms with Crippen molar-refractivity contribution < 1.29 is 4.42 Å². The number of fused-ring (bicyclic) bond motifs is 1. The first-order chi connectivity index (χ1) is 6.70. The number of furan rings is 1. The van der Waals surface area contributed by atoms with Crippen LogP contribution in [0.4, 0.5) is 0 Å². The molecule has 1 aliphatic rings. The molecule has 2 unspecified atom stereocenters. The summed E-state index contributed by atoms with van der Waals surface area (Å²) in [6.45, 7) is 7.90. The van der Waals surface area contributed by atoms with Gasteiger partial charge < -0.3 is 9.73 Å². The van der Waals surface area contributed by atoms with Gasteiger partial charge in [0, 0.05) is 0 Å². The van der Waals surface area contributed by atoms with E-state index in [9.17, 15) is 0 Å². The lowest BCUT2D eigenvalue weighted by Crippen LogP contribution is -2.34. The number of rotatable bonds is 2. The van der Waals surface area contributed by atoms with Crippen LogP contribution in [0.25, 0.3) is 0 Å². The van der Waals surface area contributed by atoms with E-state index in [2.05, 4.69) is 32.2 Å². The lowest BCUT2D eigenvalue weighted by atomic mass is 9.86. The quantitative estimate of drug-likeness (QED) is 0.781. The molecular weight excluding hydrogens is 174 g/mol. The average Bonchev–Trinajstić information content (AvgIpc) is 2.63. The van der Waals surface area contributed by atoms with Gasteiger partial charge in [0.2, 0.25) is 0 Å². The Morgan fingerprint density at radius 3 is 2.93 bits per heavy atom. The Bertz CT molecular complexity index is 303. The van der Waals surface area contributed by atoms with Crippen molar-refractivity contribution in [2.24, 2.45) is 11.8 Å². The predicted octanol–water partition coefficient (Wildman–Crippen LogP) is 2.76. The van der Waals surface area contributed by atoms with E-state index in [1.807, 2.05) is 6.26 Å².